The van der Waals surface area contributed by atoms with Crippen molar-refractivity contribution in [2.75, 3.05) is 5.32 Å². The van der Waals surface area contributed by atoms with E-state index in [1.807, 2.05) is 0 Å². The van der Waals surface area contributed by atoms with Crippen molar-refractivity contribution in [3.05, 3.63) is 60.8 Å². The second-order valence-corrected chi connectivity index (χ2v) is 7.80. The summed E-state index contributed by atoms with van der Waals surface area (Å²) < 4.78 is 28.4. The number of hydrogen-bond donors (Lipinski definition) is 2. The number of amides is 1. The van der Waals surface area contributed by atoms with Crippen molar-refractivity contribution in [1.29, 1.82) is 0 Å². The van der Waals surface area contributed by atoms with Gasteiger partial charge < -0.3 is 5.32 Å². The van der Waals surface area contributed by atoms with Crippen LogP contribution < -0.4 is 10.0 Å². The van der Waals surface area contributed by atoms with Crippen LogP contribution in [0.1, 0.15) is 23.2 Å². The van der Waals surface area contributed by atoms with E-state index >= 15 is 0 Å². The molecule has 0 atom stereocenters. The van der Waals surface area contributed by atoms with Crippen LogP contribution in [0.4, 0.5) is 5.69 Å². The monoisotopic (exact) mass is 384 g/mol. The summed E-state index contributed by atoms with van der Waals surface area (Å²) in [5, 5.41) is 6.77. The quantitative estimate of drug-likeness (QED) is 0.662. The van der Waals surface area contributed by atoms with E-state index in [0.717, 1.165) is 12.8 Å². The van der Waals surface area contributed by atoms with Crippen molar-refractivity contribution in [1.82, 2.24) is 24.5 Å². The summed E-state index contributed by atoms with van der Waals surface area (Å²) in [5.41, 5.74) is 0.786. The highest BCUT2D eigenvalue weighted by Gasteiger charge is 2.28. The Labute approximate surface area is 155 Å². The van der Waals surface area contributed by atoms with Gasteiger partial charge in [0.2, 0.25) is 10.0 Å². The van der Waals surface area contributed by atoms with Gasteiger partial charge in [-0.1, -0.05) is 0 Å². The first-order valence-electron chi connectivity index (χ1n) is 8.27. The van der Waals surface area contributed by atoms with Gasteiger partial charge in [-0.05, 0) is 49.2 Å². The molecule has 9 nitrogen and oxygen atoms in total. The zero-order valence-corrected chi connectivity index (χ0v) is 14.9. The smallest absolute Gasteiger partial charge is 0.255 e. The van der Waals surface area contributed by atoms with Crippen molar-refractivity contribution >= 4 is 21.6 Å². The third kappa shape index (κ3) is 3.86. The van der Waals surface area contributed by atoms with Gasteiger partial charge in [-0.2, -0.15) is 5.10 Å². The van der Waals surface area contributed by atoms with E-state index in [1.165, 1.54) is 41.6 Å². The highest BCUT2D eigenvalue weighted by Crippen LogP contribution is 2.22. The lowest BCUT2D eigenvalue weighted by Crippen LogP contribution is -2.25. The van der Waals surface area contributed by atoms with E-state index in [2.05, 4.69) is 25.1 Å². The molecule has 0 radical (unpaired) electrons. The molecule has 10 heteroatoms. The number of hydrogen-bond acceptors (Lipinski definition) is 6. The normalized spacial score (nSPS) is 14.1. The Bertz CT molecular complexity index is 1060. The Balaban J connectivity index is 1.53. The van der Waals surface area contributed by atoms with Crippen LogP contribution in [-0.2, 0) is 10.0 Å². The Morgan fingerprint density at radius 2 is 1.93 bits per heavy atom. The molecular formula is C17H16N6O3S. The van der Waals surface area contributed by atoms with Crippen molar-refractivity contribution in [3.8, 4) is 5.82 Å². The zero-order valence-electron chi connectivity index (χ0n) is 14.1. The maximum Gasteiger partial charge on any atom is 0.255 e. The van der Waals surface area contributed by atoms with Crippen molar-refractivity contribution in [3.63, 3.8) is 0 Å². The molecular weight excluding hydrogens is 368 g/mol. The predicted molar refractivity (Wildman–Crippen MR) is 96.9 cm³/mol. The number of nitrogens with one attached hydrogen (secondary N) is 2. The Morgan fingerprint density at radius 1 is 1.15 bits per heavy atom. The standard InChI is InChI=1S/C17H16N6O3S/c24-17(21-15-2-1-9-19-16(15)23-11-18-10-20-23)12-3-7-14(8-4-12)27(25,26)22-13-5-6-13/h1-4,7-11,13,22H,5-6H2,(H,21,24). The molecule has 1 aromatic carbocycles. The molecule has 138 valence electrons. The van der Waals surface area contributed by atoms with E-state index in [0.29, 0.717) is 17.1 Å². The van der Waals surface area contributed by atoms with Crippen LogP contribution in [0.15, 0.2) is 60.1 Å². The number of sulfonamides is 1. The summed E-state index contributed by atoms with van der Waals surface area (Å²) in [6.07, 6.45) is 6.15. The van der Waals surface area contributed by atoms with Gasteiger partial charge in [0, 0.05) is 17.8 Å². The minimum atomic E-state index is -3.54. The van der Waals surface area contributed by atoms with Crippen LogP contribution in [-0.4, -0.2) is 40.1 Å². The topological polar surface area (TPSA) is 119 Å². The summed E-state index contributed by atoms with van der Waals surface area (Å²) in [4.78, 5) is 20.7. The van der Waals surface area contributed by atoms with Crippen LogP contribution in [0.25, 0.3) is 5.82 Å². The molecule has 0 aliphatic heterocycles. The Hall–Kier alpha value is -3.11. The lowest BCUT2D eigenvalue weighted by Gasteiger charge is -2.10. The van der Waals surface area contributed by atoms with Gasteiger partial charge in [-0.3, -0.25) is 4.79 Å². The molecule has 3 aromatic rings. The summed E-state index contributed by atoms with van der Waals surface area (Å²) in [6, 6.07) is 9.20. The third-order valence-corrected chi connectivity index (χ3v) is 5.53. The summed E-state index contributed by atoms with van der Waals surface area (Å²) in [5.74, 6) is 0.0413. The molecule has 1 fully saturated rings. The Kier molecular flexibility index (Phi) is 4.42. The van der Waals surface area contributed by atoms with E-state index in [9.17, 15) is 13.2 Å². The summed E-state index contributed by atoms with van der Waals surface area (Å²) >= 11 is 0. The number of nitrogens with zero attached hydrogens (tertiary/aromatic N) is 4. The van der Waals surface area contributed by atoms with Crippen molar-refractivity contribution in [2.45, 2.75) is 23.8 Å². The molecule has 0 saturated heterocycles. The number of benzene rings is 1. The lowest BCUT2D eigenvalue weighted by atomic mass is 10.2. The van der Waals surface area contributed by atoms with E-state index in [1.54, 1.807) is 18.3 Å². The van der Waals surface area contributed by atoms with E-state index in [-0.39, 0.29) is 16.8 Å². The van der Waals surface area contributed by atoms with Crippen molar-refractivity contribution < 1.29 is 13.2 Å². The van der Waals surface area contributed by atoms with Gasteiger partial charge in [0.05, 0.1) is 10.6 Å². The van der Waals surface area contributed by atoms with E-state index in [4.69, 9.17) is 0 Å². The molecule has 0 unspecified atom stereocenters. The maximum atomic E-state index is 12.5. The molecule has 1 saturated carbocycles. The van der Waals surface area contributed by atoms with Crippen LogP contribution in [0, 0.1) is 0 Å². The highest BCUT2D eigenvalue weighted by molar-refractivity contribution is 7.89. The molecule has 0 bridgehead atoms. The number of aromatic nitrogens is 4. The first-order valence-corrected chi connectivity index (χ1v) is 9.75. The molecule has 0 spiro atoms. The third-order valence-electron chi connectivity index (χ3n) is 4.00. The predicted octanol–water partition coefficient (Wildman–Crippen LogP) is 1.36. The number of anilines is 1. The SMILES string of the molecule is O=C(Nc1cccnc1-n1cncn1)c1ccc(S(=O)(=O)NC2CC2)cc1. The van der Waals surface area contributed by atoms with Gasteiger partial charge in [-0.15, -0.1) is 0 Å². The molecule has 1 aliphatic carbocycles. The number of carbonyl (C=O) groups is 1. The zero-order chi connectivity index (χ0) is 18.9. The van der Waals surface area contributed by atoms with E-state index < -0.39 is 10.0 Å². The number of carbonyl (C=O) groups excluding carboxylic acids is 1. The minimum Gasteiger partial charge on any atom is -0.319 e. The first-order chi connectivity index (χ1) is 13.0. The summed E-state index contributed by atoms with van der Waals surface area (Å²) in [6.45, 7) is 0. The molecule has 1 amide bonds. The largest absolute Gasteiger partial charge is 0.319 e. The second-order valence-electron chi connectivity index (χ2n) is 6.09. The molecule has 2 N–H and O–H groups in total. The molecule has 2 heterocycles. The molecule has 2 aromatic heterocycles. The second kappa shape index (κ2) is 6.89. The van der Waals surface area contributed by atoms with Crippen LogP contribution in [0.3, 0.4) is 0 Å². The van der Waals surface area contributed by atoms with Gasteiger partial charge in [0.1, 0.15) is 12.7 Å². The Morgan fingerprint density at radius 3 is 2.59 bits per heavy atom. The van der Waals surface area contributed by atoms with Gasteiger partial charge in [-0.25, -0.2) is 27.8 Å². The van der Waals surface area contributed by atoms with Gasteiger partial charge in [0.15, 0.2) is 5.82 Å². The maximum absolute atomic E-state index is 12.5. The van der Waals surface area contributed by atoms with Crippen LogP contribution in [0.5, 0.6) is 0 Å². The fraction of sp³-hybridized carbons (Fsp3) is 0.176. The van der Waals surface area contributed by atoms with Gasteiger partial charge >= 0.3 is 0 Å². The fourth-order valence-electron chi connectivity index (χ4n) is 2.46. The molecule has 4 rings (SSSR count). The van der Waals surface area contributed by atoms with Crippen LogP contribution >= 0.6 is 0 Å². The fourth-order valence-corrected chi connectivity index (χ4v) is 3.77. The number of pyridine rings is 1. The average molecular weight is 384 g/mol. The number of rotatable bonds is 6. The first kappa shape index (κ1) is 17.3. The van der Waals surface area contributed by atoms with Gasteiger partial charge in [0.25, 0.3) is 5.91 Å². The summed E-state index contributed by atoms with van der Waals surface area (Å²) in [7, 11) is -3.54. The molecule has 27 heavy (non-hydrogen) atoms. The molecule has 1 aliphatic rings. The van der Waals surface area contributed by atoms with Crippen LogP contribution in [0.2, 0.25) is 0 Å². The highest BCUT2D eigenvalue weighted by atomic mass is 32.2. The lowest BCUT2D eigenvalue weighted by molar-refractivity contribution is 0.102. The van der Waals surface area contributed by atoms with Crippen molar-refractivity contribution in [2.24, 2.45) is 0 Å². The average Bonchev–Trinajstić information content (AvgIpc) is 3.30. The minimum absolute atomic E-state index is 0.0266.